The number of hydrogen-bond donors (Lipinski definition) is 2. The molecule has 0 bridgehead atoms. The summed E-state index contributed by atoms with van der Waals surface area (Å²) < 4.78 is 0.610. The molecule has 1 aromatic heterocycles. The predicted octanol–water partition coefficient (Wildman–Crippen LogP) is 1.53. The number of rotatable bonds is 2. The van der Waals surface area contributed by atoms with Gasteiger partial charge >= 0.3 is 6.09 Å². The minimum atomic E-state index is -1.07. The summed E-state index contributed by atoms with van der Waals surface area (Å²) >= 11 is 3.19. The molecular formula is C10H10BrN3O3. The number of nitrogens with one attached hydrogen (secondary N) is 1. The van der Waals surface area contributed by atoms with Gasteiger partial charge in [0.1, 0.15) is 16.5 Å². The van der Waals surface area contributed by atoms with Crippen molar-refractivity contribution in [3.8, 4) is 0 Å². The third-order valence-corrected chi connectivity index (χ3v) is 2.98. The van der Waals surface area contributed by atoms with E-state index in [1.165, 1.54) is 0 Å². The number of nitrogens with zero attached hydrogens (tertiary/aromatic N) is 2. The van der Waals surface area contributed by atoms with Gasteiger partial charge in [0.2, 0.25) is 5.91 Å². The summed E-state index contributed by atoms with van der Waals surface area (Å²) in [6, 6.07) is 4.52. The third kappa shape index (κ3) is 2.55. The Morgan fingerprint density at radius 1 is 1.53 bits per heavy atom. The molecular weight excluding hydrogens is 290 g/mol. The van der Waals surface area contributed by atoms with Crippen molar-refractivity contribution >= 4 is 33.7 Å². The van der Waals surface area contributed by atoms with E-state index in [0.29, 0.717) is 23.4 Å². The molecule has 1 aliphatic heterocycles. The topological polar surface area (TPSA) is 82.5 Å². The first-order valence-corrected chi connectivity index (χ1v) is 5.80. The van der Waals surface area contributed by atoms with Crippen LogP contribution in [0.25, 0.3) is 0 Å². The maximum atomic E-state index is 11.7. The van der Waals surface area contributed by atoms with Crippen LogP contribution in [0, 0.1) is 0 Å². The fraction of sp³-hybridized carbons (Fsp3) is 0.300. The predicted molar refractivity (Wildman–Crippen MR) is 63.7 cm³/mol. The Labute approximate surface area is 106 Å². The van der Waals surface area contributed by atoms with Crippen molar-refractivity contribution in [1.82, 2.24) is 9.88 Å². The maximum absolute atomic E-state index is 11.7. The second kappa shape index (κ2) is 4.70. The van der Waals surface area contributed by atoms with E-state index in [1.54, 1.807) is 18.2 Å². The maximum Gasteiger partial charge on any atom is 0.407 e. The fourth-order valence-electron chi connectivity index (χ4n) is 1.58. The van der Waals surface area contributed by atoms with Gasteiger partial charge in [-0.2, -0.15) is 0 Å². The van der Waals surface area contributed by atoms with E-state index in [1.807, 2.05) is 0 Å². The van der Waals surface area contributed by atoms with Gasteiger partial charge in [-0.25, -0.2) is 9.78 Å². The van der Waals surface area contributed by atoms with Gasteiger partial charge in [-0.15, -0.1) is 0 Å². The molecule has 0 aliphatic carbocycles. The van der Waals surface area contributed by atoms with E-state index in [0.717, 1.165) is 4.90 Å². The van der Waals surface area contributed by atoms with Crippen LogP contribution in [-0.4, -0.2) is 39.6 Å². The van der Waals surface area contributed by atoms with Crippen LogP contribution in [0.4, 0.5) is 10.6 Å². The summed E-state index contributed by atoms with van der Waals surface area (Å²) in [4.78, 5) is 27.6. The van der Waals surface area contributed by atoms with Crippen molar-refractivity contribution in [3.63, 3.8) is 0 Å². The number of pyridine rings is 1. The number of amides is 2. The van der Waals surface area contributed by atoms with Crippen molar-refractivity contribution in [2.24, 2.45) is 0 Å². The van der Waals surface area contributed by atoms with Gasteiger partial charge in [-0.1, -0.05) is 6.07 Å². The molecule has 6 nitrogen and oxygen atoms in total. The summed E-state index contributed by atoms with van der Waals surface area (Å²) in [7, 11) is 0. The molecule has 17 heavy (non-hydrogen) atoms. The van der Waals surface area contributed by atoms with Crippen LogP contribution in [0.3, 0.4) is 0 Å². The number of likely N-dealkylation sites (tertiary alicyclic amines) is 1. The Morgan fingerprint density at radius 2 is 2.29 bits per heavy atom. The van der Waals surface area contributed by atoms with Crippen LogP contribution in [0.1, 0.15) is 6.42 Å². The number of halogens is 1. The normalized spacial score (nSPS) is 18.4. The monoisotopic (exact) mass is 299 g/mol. The van der Waals surface area contributed by atoms with Crippen LogP contribution >= 0.6 is 15.9 Å². The molecule has 2 heterocycles. The lowest BCUT2D eigenvalue weighted by atomic mass is 10.0. The van der Waals surface area contributed by atoms with Crippen LogP contribution in [-0.2, 0) is 4.79 Å². The smallest absolute Gasteiger partial charge is 0.407 e. The van der Waals surface area contributed by atoms with Gasteiger partial charge < -0.3 is 10.4 Å². The first kappa shape index (κ1) is 11.8. The van der Waals surface area contributed by atoms with Crippen molar-refractivity contribution < 1.29 is 14.7 Å². The van der Waals surface area contributed by atoms with Crippen molar-refractivity contribution in [1.29, 1.82) is 0 Å². The molecule has 2 N–H and O–H groups in total. The average Bonchev–Trinajstić information content (AvgIpc) is 2.13. The Hall–Kier alpha value is -1.63. The highest BCUT2D eigenvalue weighted by Gasteiger charge is 2.37. The van der Waals surface area contributed by atoms with Crippen LogP contribution in [0.2, 0.25) is 0 Å². The molecule has 1 atom stereocenters. The van der Waals surface area contributed by atoms with E-state index in [9.17, 15) is 9.59 Å². The first-order valence-electron chi connectivity index (χ1n) is 5.01. The van der Waals surface area contributed by atoms with Crippen molar-refractivity contribution in [2.75, 3.05) is 11.9 Å². The molecule has 1 saturated heterocycles. The quantitative estimate of drug-likeness (QED) is 0.812. The SMILES string of the molecule is O=C(Nc1cccc(Br)n1)C1CCN1C(=O)O. The van der Waals surface area contributed by atoms with Gasteiger partial charge in [0, 0.05) is 6.54 Å². The van der Waals surface area contributed by atoms with Gasteiger partial charge in [-0.3, -0.25) is 9.69 Å². The zero-order valence-electron chi connectivity index (χ0n) is 8.76. The molecule has 1 aliphatic rings. The van der Waals surface area contributed by atoms with E-state index >= 15 is 0 Å². The lowest BCUT2D eigenvalue weighted by molar-refractivity contribution is -0.124. The summed E-state index contributed by atoms with van der Waals surface area (Å²) in [5.41, 5.74) is 0. The fourth-order valence-corrected chi connectivity index (χ4v) is 1.92. The molecule has 0 saturated carbocycles. The number of carbonyl (C=O) groups is 2. The molecule has 0 spiro atoms. The van der Waals surface area contributed by atoms with Crippen molar-refractivity contribution in [2.45, 2.75) is 12.5 Å². The van der Waals surface area contributed by atoms with Gasteiger partial charge in [0.15, 0.2) is 0 Å². The first-order chi connectivity index (χ1) is 8.08. The lowest BCUT2D eigenvalue weighted by Gasteiger charge is -2.37. The van der Waals surface area contributed by atoms with E-state index in [2.05, 4.69) is 26.2 Å². The molecule has 0 radical (unpaired) electrons. The number of anilines is 1. The number of hydrogen-bond acceptors (Lipinski definition) is 3. The van der Waals surface area contributed by atoms with Crippen LogP contribution in [0.5, 0.6) is 0 Å². The Kier molecular flexibility index (Phi) is 3.28. The molecule has 1 unspecified atom stereocenters. The molecule has 2 amide bonds. The molecule has 2 rings (SSSR count). The molecule has 90 valence electrons. The molecule has 1 aromatic rings. The zero-order valence-corrected chi connectivity index (χ0v) is 10.3. The van der Waals surface area contributed by atoms with Gasteiger partial charge in [0.05, 0.1) is 0 Å². The van der Waals surface area contributed by atoms with Crippen molar-refractivity contribution in [3.05, 3.63) is 22.8 Å². The largest absolute Gasteiger partial charge is 0.465 e. The minimum absolute atomic E-state index is 0.343. The summed E-state index contributed by atoms with van der Waals surface area (Å²) in [6.07, 6.45) is -0.523. The third-order valence-electron chi connectivity index (χ3n) is 2.53. The standard InChI is InChI=1S/C10H10BrN3O3/c11-7-2-1-3-8(12-7)13-9(15)6-4-5-14(6)10(16)17/h1-3,6H,4-5H2,(H,16,17)(H,12,13,15). The summed E-state index contributed by atoms with van der Waals surface area (Å²) in [6.45, 7) is 0.402. The number of carbonyl (C=O) groups excluding carboxylic acids is 1. The minimum Gasteiger partial charge on any atom is -0.465 e. The highest BCUT2D eigenvalue weighted by molar-refractivity contribution is 9.10. The summed E-state index contributed by atoms with van der Waals surface area (Å²) in [5, 5.41) is 11.4. The highest BCUT2D eigenvalue weighted by atomic mass is 79.9. The molecule has 7 heteroatoms. The van der Waals surface area contributed by atoms with E-state index < -0.39 is 12.1 Å². The van der Waals surface area contributed by atoms with Gasteiger partial charge in [-0.05, 0) is 34.5 Å². The second-order valence-electron chi connectivity index (χ2n) is 3.62. The highest BCUT2D eigenvalue weighted by Crippen LogP contribution is 2.19. The average molecular weight is 300 g/mol. The van der Waals surface area contributed by atoms with Crippen LogP contribution in [0.15, 0.2) is 22.8 Å². The number of aromatic nitrogens is 1. The lowest BCUT2D eigenvalue weighted by Crippen LogP contribution is -2.56. The van der Waals surface area contributed by atoms with Crippen LogP contribution < -0.4 is 5.32 Å². The Bertz CT molecular complexity index is 466. The molecule has 1 fully saturated rings. The van der Waals surface area contributed by atoms with E-state index in [4.69, 9.17) is 5.11 Å². The molecule has 0 aromatic carbocycles. The summed E-state index contributed by atoms with van der Waals surface area (Å²) in [5.74, 6) is 0.0610. The Balaban J connectivity index is 2.00. The number of carboxylic acid groups (broad SMARTS) is 1. The van der Waals surface area contributed by atoms with E-state index in [-0.39, 0.29) is 5.91 Å². The zero-order chi connectivity index (χ0) is 12.4. The second-order valence-corrected chi connectivity index (χ2v) is 4.43. The Morgan fingerprint density at radius 3 is 2.82 bits per heavy atom. The van der Waals surface area contributed by atoms with Gasteiger partial charge in [0.25, 0.3) is 0 Å².